The molecule has 0 saturated heterocycles. The number of nitrogens with two attached hydrogens (primary N) is 1. The van der Waals surface area contributed by atoms with Crippen molar-refractivity contribution in [2.45, 2.75) is 45.6 Å². The van der Waals surface area contributed by atoms with Crippen molar-refractivity contribution in [3.05, 3.63) is 29.6 Å². The van der Waals surface area contributed by atoms with Crippen LogP contribution in [0, 0.1) is 5.41 Å². The van der Waals surface area contributed by atoms with Crippen LogP contribution in [0.5, 0.6) is 0 Å². The summed E-state index contributed by atoms with van der Waals surface area (Å²) in [5, 5.41) is 0. The molecule has 19 heavy (non-hydrogen) atoms. The molecule has 0 spiro atoms. The monoisotopic (exact) mass is 257 g/mol. The molecule has 3 nitrogen and oxygen atoms in total. The summed E-state index contributed by atoms with van der Waals surface area (Å²) in [5.74, 6) is 1.80. The van der Waals surface area contributed by atoms with Gasteiger partial charge in [-0.05, 0) is 29.9 Å². The van der Waals surface area contributed by atoms with Gasteiger partial charge in [-0.25, -0.2) is 4.98 Å². The fourth-order valence-corrected chi connectivity index (χ4v) is 3.57. The molecule has 1 aromatic carbocycles. The van der Waals surface area contributed by atoms with Crippen molar-refractivity contribution >= 4 is 11.0 Å². The molecule has 1 fully saturated rings. The van der Waals surface area contributed by atoms with Crippen LogP contribution in [0.3, 0.4) is 0 Å². The van der Waals surface area contributed by atoms with E-state index in [0.29, 0.717) is 17.9 Å². The Morgan fingerprint density at radius 1 is 1.42 bits per heavy atom. The smallest absolute Gasteiger partial charge is 0.113 e. The minimum Gasteiger partial charge on any atom is -0.331 e. The molecule has 0 radical (unpaired) electrons. The van der Waals surface area contributed by atoms with Crippen LogP contribution in [0.25, 0.3) is 11.0 Å². The van der Waals surface area contributed by atoms with Crippen LogP contribution in [0.4, 0.5) is 0 Å². The Balaban J connectivity index is 2.18. The first kappa shape index (κ1) is 12.7. The van der Waals surface area contributed by atoms with Gasteiger partial charge in [0.1, 0.15) is 5.82 Å². The molecule has 102 valence electrons. The number of nitrogens with zero attached hydrogens (tertiary/aromatic N) is 2. The summed E-state index contributed by atoms with van der Waals surface area (Å²) in [6, 6.07) is 6.31. The molecule has 1 saturated carbocycles. The van der Waals surface area contributed by atoms with Gasteiger partial charge in [0, 0.05) is 19.5 Å². The van der Waals surface area contributed by atoms with Gasteiger partial charge in [-0.15, -0.1) is 0 Å². The van der Waals surface area contributed by atoms with E-state index in [1.54, 1.807) is 0 Å². The third-order valence-corrected chi connectivity index (χ3v) is 4.82. The van der Waals surface area contributed by atoms with Crippen molar-refractivity contribution in [2.75, 3.05) is 0 Å². The van der Waals surface area contributed by atoms with Crippen LogP contribution in [-0.4, -0.2) is 9.55 Å². The van der Waals surface area contributed by atoms with Gasteiger partial charge in [-0.2, -0.15) is 0 Å². The first-order valence-electron chi connectivity index (χ1n) is 7.19. The molecule has 0 aliphatic heterocycles. The quantitative estimate of drug-likeness (QED) is 0.897. The van der Waals surface area contributed by atoms with Crippen molar-refractivity contribution in [1.82, 2.24) is 9.55 Å². The maximum atomic E-state index is 5.83. The van der Waals surface area contributed by atoms with Crippen molar-refractivity contribution in [3.8, 4) is 0 Å². The molecule has 1 aliphatic rings. The number of hydrogen-bond acceptors (Lipinski definition) is 2. The van der Waals surface area contributed by atoms with Crippen LogP contribution in [0.2, 0.25) is 0 Å². The highest BCUT2D eigenvalue weighted by atomic mass is 15.1. The summed E-state index contributed by atoms with van der Waals surface area (Å²) >= 11 is 0. The van der Waals surface area contributed by atoms with E-state index in [-0.39, 0.29) is 0 Å². The second-order valence-electron chi connectivity index (χ2n) is 6.45. The molecule has 1 aliphatic carbocycles. The molecular weight excluding hydrogens is 234 g/mol. The van der Waals surface area contributed by atoms with Crippen molar-refractivity contribution in [1.29, 1.82) is 0 Å². The number of aryl methyl sites for hydroxylation is 1. The summed E-state index contributed by atoms with van der Waals surface area (Å²) < 4.78 is 2.27. The van der Waals surface area contributed by atoms with Crippen LogP contribution in [0.1, 0.15) is 50.4 Å². The van der Waals surface area contributed by atoms with Gasteiger partial charge >= 0.3 is 0 Å². The molecule has 1 unspecified atom stereocenters. The van der Waals surface area contributed by atoms with E-state index in [4.69, 9.17) is 10.7 Å². The molecule has 0 amide bonds. The Morgan fingerprint density at radius 2 is 2.21 bits per heavy atom. The third kappa shape index (κ3) is 1.88. The number of imidazole rings is 1. The highest BCUT2D eigenvalue weighted by Gasteiger charge is 2.38. The topological polar surface area (TPSA) is 43.8 Å². The van der Waals surface area contributed by atoms with E-state index in [1.807, 2.05) is 0 Å². The summed E-state index contributed by atoms with van der Waals surface area (Å²) in [4.78, 5) is 4.94. The van der Waals surface area contributed by atoms with Crippen molar-refractivity contribution in [2.24, 2.45) is 18.2 Å². The molecule has 1 heterocycles. The van der Waals surface area contributed by atoms with Gasteiger partial charge in [0.2, 0.25) is 0 Å². The van der Waals surface area contributed by atoms with E-state index in [1.165, 1.54) is 30.6 Å². The molecule has 2 N–H and O–H groups in total. The molecule has 2 aromatic rings. The van der Waals surface area contributed by atoms with Crippen molar-refractivity contribution in [3.63, 3.8) is 0 Å². The Kier molecular flexibility index (Phi) is 2.90. The normalized spacial score (nSPS) is 22.2. The van der Waals surface area contributed by atoms with E-state index >= 15 is 0 Å². The van der Waals surface area contributed by atoms with E-state index in [2.05, 4.69) is 43.7 Å². The average Bonchev–Trinajstić information content (AvgIpc) is 2.89. The first-order valence-corrected chi connectivity index (χ1v) is 7.19. The van der Waals surface area contributed by atoms with Crippen LogP contribution in [-0.2, 0) is 13.6 Å². The predicted molar refractivity (Wildman–Crippen MR) is 79.0 cm³/mol. The largest absolute Gasteiger partial charge is 0.331 e. The molecule has 1 aromatic heterocycles. The zero-order valence-corrected chi connectivity index (χ0v) is 12.1. The van der Waals surface area contributed by atoms with E-state index in [9.17, 15) is 0 Å². The van der Waals surface area contributed by atoms with Crippen LogP contribution >= 0.6 is 0 Å². The Labute approximate surface area is 114 Å². The molecule has 1 atom stereocenters. The number of aromatic nitrogens is 2. The van der Waals surface area contributed by atoms with Gasteiger partial charge in [0.25, 0.3) is 0 Å². The lowest BCUT2D eigenvalue weighted by Crippen LogP contribution is -2.18. The highest BCUT2D eigenvalue weighted by molar-refractivity contribution is 5.79. The average molecular weight is 257 g/mol. The van der Waals surface area contributed by atoms with Crippen LogP contribution < -0.4 is 5.73 Å². The standard InChI is InChI=1S/C16H23N3/c1-16(2)9-5-7-12(16)15-18-14-11(10-17)6-4-8-13(14)19(15)3/h4,6,8,12H,5,7,9-10,17H2,1-3H3. The lowest BCUT2D eigenvalue weighted by molar-refractivity contribution is 0.318. The second-order valence-corrected chi connectivity index (χ2v) is 6.45. The van der Waals surface area contributed by atoms with Crippen molar-refractivity contribution < 1.29 is 0 Å². The minimum absolute atomic E-state index is 0.359. The first-order chi connectivity index (χ1) is 9.04. The zero-order valence-electron chi connectivity index (χ0n) is 12.1. The summed E-state index contributed by atoms with van der Waals surface area (Å²) in [6.45, 7) is 5.30. The maximum absolute atomic E-state index is 5.83. The fourth-order valence-electron chi connectivity index (χ4n) is 3.57. The maximum Gasteiger partial charge on any atom is 0.113 e. The number of hydrogen-bond donors (Lipinski definition) is 1. The van der Waals surface area contributed by atoms with Gasteiger partial charge in [0.05, 0.1) is 11.0 Å². The number of fused-ring (bicyclic) bond motifs is 1. The zero-order chi connectivity index (χ0) is 13.6. The van der Waals surface area contributed by atoms with E-state index in [0.717, 1.165) is 11.1 Å². The van der Waals surface area contributed by atoms with Gasteiger partial charge in [0.15, 0.2) is 0 Å². The highest BCUT2D eigenvalue weighted by Crippen LogP contribution is 2.48. The lowest BCUT2D eigenvalue weighted by atomic mass is 9.81. The van der Waals surface area contributed by atoms with Gasteiger partial charge in [-0.1, -0.05) is 32.4 Å². The predicted octanol–water partition coefficient (Wildman–Crippen LogP) is 3.33. The molecule has 0 bridgehead atoms. The Morgan fingerprint density at radius 3 is 2.84 bits per heavy atom. The second kappa shape index (κ2) is 4.34. The minimum atomic E-state index is 0.359. The molecular formula is C16H23N3. The Bertz CT molecular complexity index is 610. The van der Waals surface area contributed by atoms with Gasteiger partial charge < -0.3 is 10.3 Å². The van der Waals surface area contributed by atoms with E-state index < -0.39 is 0 Å². The number of para-hydroxylation sites is 1. The molecule has 3 heteroatoms. The summed E-state index contributed by atoms with van der Waals surface area (Å²) in [6.07, 6.45) is 3.86. The fraction of sp³-hybridized carbons (Fsp3) is 0.562. The molecule has 3 rings (SSSR count). The Hall–Kier alpha value is -1.35. The third-order valence-electron chi connectivity index (χ3n) is 4.82. The number of rotatable bonds is 2. The summed E-state index contributed by atoms with van der Waals surface area (Å²) in [5.41, 5.74) is 9.64. The summed E-state index contributed by atoms with van der Waals surface area (Å²) in [7, 11) is 2.14. The lowest BCUT2D eigenvalue weighted by Gasteiger charge is -2.26. The van der Waals surface area contributed by atoms with Gasteiger partial charge in [-0.3, -0.25) is 0 Å². The van der Waals surface area contributed by atoms with Crippen LogP contribution in [0.15, 0.2) is 18.2 Å². The number of benzene rings is 1. The SMILES string of the molecule is Cn1c(C2CCCC2(C)C)nc2c(CN)cccc21.